The van der Waals surface area contributed by atoms with Gasteiger partial charge in [0.05, 0.1) is 28.6 Å². The van der Waals surface area contributed by atoms with Gasteiger partial charge in [0.2, 0.25) is 0 Å². The molecule has 104 valence electrons. The van der Waals surface area contributed by atoms with Gasteiger partial charge < -0.3 is 5.73 Å². The minimum atomic E-state index is 0.257. The maximum atomic E-state index is 6.34. The first-order chi connectivity index (χ1) is 8.95. The summed E-state index contributed by atoms with van der Waals surface area (Å²) < 4.78 is 3.59. The number of nitrogen functional groups attached to an aromatic ring is 1. The third kappa shape index (κ3) is 2.45. The summed E-state index contributed by atoms with van der Waals surface area (Å²) in [7, 11) is 1.88. The Morgan fingerprint density at radius 1 is 1.37 bits per heavy atom. The van der Waals surface area contributed by atoms with Crippen molar-refractivity contribution in [2.24, 2.45) is 7.05 Å². The number of hydrogen-bond acceptors (Lipinski definition) is 4. The van der Waals surface area contributed by atoms with Crippen molar-refractivity contribution in [3.05, 3.63) is 22.1 Å². The first kappa shape index (κ1) is 13.9. The third-order valence-corrected chi connectivity index (χ3v) is 3.59. The van der Waals surface area contributed by atoms with Gasteiger partial charge in [0.25, 0.3) is 0 Å². The molecule has 0 amide bonds. The summed E-state index contributed by atoms with van der Waals surface area (Å²) in [5.41, 5.74) is 8.60. The topological polar surface area (TPSA) is 74.5 Å². The van der Waals surface area contributed by atoms with Gasteiger partial charge >= 0.3 is 0 Å². The lowest BCUT2D eigenvalue weighted by molar-refractivity contribution is 0.565. The molecule has 0 spiro atoms. The van der Waals surface area contributed by atoms with Gasteiger partial charge in [-0.1, -0.05) is 37.6 Å². The quantitative estimate of drug-likeness (QED) is 0.930. The van der Waals surface area contributed by atoms with Gasteiger partial charge in [0.15, 0.2) is 5.82 Å². The summed E-state index contributed by atoms with van der Waals surface area (Å²) in [6, 6.07) is 0. The van der Waals surface area contributed by atoms with E-state index in [-0.39, 0.29) is 5.92 Å². The van der Waals surface area contributed by atoms with Crippen LogP contribution in [0.5, 0.6) is 0 Å². The van der Waals surface area contributed by atoms with E-state index < -0.39 is 0 Å². The summed E-state index contributed by atoms with van der Waals surface area (Å²) in [4.78, 5) is 0. The largest absolute Gasteiger partial charge is 0.381 e. The molecule has 2 N–H and O–H groups in total. The second-order valence-corrected chi connectivity index (χ2v) is 5.23. The number of aromatic nitrogens is 5. The fourth-order valence-corrected chi connectivity index (χ4v) is 2.53. The molecule has 0 bridgehead atoms. The molecular weight excluding hydrogens is 264 g/mol. The molecule has 6 nitrogen and oxygen atoms in total. The van der Waals surface area contributed by atoms with Gasteiger partial charge in [-0.05, 0) is 12.3 Å². The Morgan fingerprint density at radius 2 is 2.05 bits per heavy atom. The van der Waals surface area contributed by atoms with E-state index >= 15 is 0 Å². The number of anilines is 1. The van der Waals surface area contributed by atoms with Crippen molar-refractivity contribution in [1.82, 2.24) is 24.8 Å². The highest BCUT2D eigenvalue weighted by molar-refractivity contribution is 6.31. The zero-order valence-corrected chi connectivity index (χ0v) is 12.4. The SMILES string of the molecule is CCc1nn(C)c(Cn2nnc(N)c2C(C)C)c1Cl. The van der Waals surface area contributed by atoms with Crippen LogP contribution in [0.25, 0.3) is 0 Å². The van der Waals surface area contributed by atoms with Crippen molar-refractivity contribution in [1.29, 1.82) is 0 Å². The first-order valence-electron chi connectivity index (χ1n) is 6.34. The average Bonchev–Trinajstić information content (AvgIpc) is 2.84. The van der Waals surface area contributed by atoms with Crippen molar-refractivity contribution in [2.75, 3.05) is 5.73 Å². The van der Waals surface area contributed by atoms with E-state index in [1.54, 1.807) is 9.36 Å². The fraction of sp³-hybridized carbons (Fsp3) is 0.583. The number of nitrogens with two attached hydrogens (primary N) is 1. The molecule has 7 heteroatoms. The molecule has 0 aliphatic heterocycles. The Bertz CT molecular complexity index is 583. The van der Waals surface area contributed by atoms with Crippen molar-refractivity contribution >= 4 is 17.4 Å². The van der Waals surface area contributed by atoms with E-state index in [0.29, 0.717) is 17.4 Å². The van der Waals surface area contributed by atoms with Crippen LogP contribution >= 0.6 is 11.6 Å². The van der Waals surface area contributed by atoms with Crippen molar-refractivity contribution in [2.45, 2.75) is 39.7 Å². The molecule has 0 atom stereocenters. The number of rotatable bonds is 4. The van der Waals surface area contributed by atoms with Crippen LogP contribution in [0.1, 0.15) is 43.8 Å². The number of halogens is 1. The van der Waals surface area contributed by atoms with E-state index in [2.05, 4.69) is 29.3 Å². The van der Waals surface area contributed by atoms with Crippen LogP contribution in [0.15, 0.2) is 0 Å². The molecule has 2 aromatic heterocycles. The predicted molar refractivity (Wildman–Crippen MR) is 75.2 cm³/mol. The average molecular weight is 283 g/mol. The maximum absolute atomic E-state index is 6.34. The van der Waals surface area contributed by atoms with Crippen LogP contribution in [-0.4, -0.2) is 24.8 Å². The number of aryl methyl sites for hydroxylation is 2. The smallest absolute Gasteiger partial charge is 0.169 e. The molecule has 2 aromatic rings. The lowest BCUT2D eigenvalue weighted by atomic mass is 10.1. The van der Waals surface area contributed by atoms with E-state index in [4.69, 9.17) is 17.3 Å². The summed E-state index contributed by atoms with van der Waals surface area (Å²) >= 11 is 6.34. The molecule has 0 aliphatic rings. The highest BCUT2D eigenvalue weighted by atomic mass is 35.5. The zero-order valence-electron chi connectivity index (χ0n) is 11.7. The van der Waals surface area contributed by atoms with Crippen molar-refractivity contribution < 1.29 is 0 Å². The molecule has 0 aliphatic carbocycles. The van der Waals surface area contributed by atoms with Crippen molar-refractivity contribution in [3.8, 4) is 0 Å². The molecule has 19 heavy (non-hydrogen) atoms. The predicted octanol–water partition coefficient (Wildman–Crippen LogP) is 1.98. The van der Waals surface area contributed by atoms with E-state index in [1.807, 2.05) is 14.0 Å². The van der Waals surface area contributed by atoms with Crippen LogP contribution in [0.3, 0.4) is 0 Å². The van der Waals surface area contributed by atoms with E-state index in [9.17, 15) is 0 Å². The summed E-state index contributed by atoms with van der Waals surface area (Å²) in [5, 5.41) is 13.1. The first-order valence-corrected chi connectivity index (χ1v) is 6.72. The summed E-state index contributed by atoms with van der Waals surface area (Å²) in [5.74, 6) is 0.733. The normalized spacial score (nSPS) is 11.5. The molecular formula is C12H19ClN6. The number of nitrogens with zero attached hydrogens (tertiary/aromatic N) is 5. The Balaban J connectivity index is 2.39. The van der Waals surface area contributed by atoms with Crippen LogP contribution < -0.4 is 5.73 Å². The van der Waals surface area contributed by atoms with Crippen LogP contribution in [-0.2, 0) is 20.0 Å². The molecule has 2 heterocycles. The summed E-state index contributed by atoms with van der Waals surface area (Å²) in [6.45, 7) is 6.69. The standard InChI is InChI=1S/C12H19ClN6/c1-5-8-10(13)9(18(4)16-8)6-19-11(7(2)3)12(14)15-17-19/h7H,5-6,14H2,1-4H3. The fourth-order valence-electron chi connectivity index (χ4n) is 2.18. The van der Waals surface area contributed by atoms with Gasteiger partial charge in [-0.2, -0.15) is 5.10 Å². The van der Waals surface area contributed by atoms with Gasteiger partial charge in [0, 0.05) is 7.05 Å². The molecule has 0 aromatic carbocycles. The molecule has 2 rings (SSSR count). The highest BCUT2D eigenvalue weighted by Gasteiger charge is 2.18. The van der Waals surface area contributed by atoms with Crippen molar-refractivity contribution in [3.63, 3.8) is 0 Å². The Hall–Kier alpha value is -1.56. The lowest BCUT2D eigenvalue weighted by Gasteiger charge is -2.10. The molecule has 0 saturated heterocycles. The Labute approximate surface area is 117 Å². The monoisotopic (exact) mass is 282 g/mol. The molecule has 0 saturated carbocycles. The molecule has 0 radical (unpaired) electrons. The van der Waals surface area contributed by atoms with E-state index in [1.165, 1.54) is 0 Å². The van der Waals surface area contributed by atoms with Crippen LogP contribution in [0.2, 0.25) is 5.02 Å². The second-order valence-electron chi connectivity index (χ2n) is 4.86. The second kappa shape index (κ2) is 5.21. The number of hydrogen-bond donors (Lipinski definition) is 1. The molecule has 0 fully saturated rings. The van der Waals surface area contributed by atoms with Gasteiger partial charge in [0.1, 0.15) is 0 Å². The van der Waals surface area contributed by atoms with Gasteiger partial charge in [-0.15, -0.1) is 5.10 Å². The van der Waals surface area contributed by atoms with Crippen LogP contribution in [0.4, 0.5) is 5.82 Å². The Morgan fingerprint density at radius 3 is 2.58 bits per heavy atom. The zero-order chi connectivity index (χ0) is 14.2. The minimum Gasteiger partial charge on any atom is -0.381 e. The third-order valence-electron chi connectivity index (χ3n) is 3.15. The highest BCUT2D eigenvalue weighted by Crippen LogP contribution is 2.24. The van der Waals surface area contributed by atoms with Gasteiger partial charge in [-0.3, -0.25) is 4.68 Å². The van der Waals surface area contributed by atoms with E-state index in [0.717, 1.165) is 23.5 Å². The maximum Gasteiger partial charge on any atom is 0.169 e. The molecule has 0 unspecified atom stereocenters. The summed E-state index contributed by atoms with van der Waals surface area (Å²) in [6.07, 6.45) is 0.809. The van der Waals surface area contributed by atoms with Crippen LogP contribution in [0, 0.1) is 0 Å². The lowest BCUT2D eigenvalue weighted by Crippen LogP contribution is -2.12. The Kier molecular flexibility index (Phi) is 3.80. The van der Waals surface area contributed by atoms with Gasteiger partial charge in [-0.25, -0.2) is 4.68 Å². The minimum absolute atomic E-state index is 0.257.